The van der Waals surface area contributed by atoms with Gasteiger partial charge in [0, 0.05) is 11.4 Å². The van der Waals surface area contributed by atoms with E-state index in [1.807, 2.05) is 0 Å². The van der Waals surface area contributed by atoms with Crippen molar-refractivity contribution >= 4 is 35.0 Å². The van der Waals surface area contributed by atoms with E-state index in [0.29, 0.717) is 22.2 Å². The zero-order chi connectivity index (χ0) is 24.7. The molecule has 0 radical (unpaired) electrons. The molecule has 2 amide bonds. The number of amides is 2. The van der Waals surface area contributed by atoms with E-state index >= 15 is 0 Å². The number of carbonyl (C=O) groups is 2. The summed E-state index contributed by atoms with van der Waals surface area (Å²) in [6.07, 6.45) is -3.21. The third-order valence-corrected chi connectivity index (χ3v) is 5.97. The van der Waals surface area contributed by atoms with Crippen molar-refractivity contribution in [2.24, 2.45) is 0 Å². The number of hydrazine groups is 1. The van der Waals surface area contributed by atoms with Crippen molar-refractivity contribution in [3.05, 3.63) is 28.2 Å². The molecule has 5 atom stereocenters. The van der Waals surface area contributed by atoms with Gasteiger partial charge in [-0.25, -0.2) is 0 Å². The minimum absolute atomic E-state index is 0.117. The highest BCUT2D eigenvalue weighted by Gasteiger charge is 2.62. The lowest BCUT2D eigenvalue weighted by atomic mass is 9.98. The Bertz CT molecular complexity index is 943. The molecule has 3 heterocycles. The Balaban J connectivity index is 1.26. The van der Waals surface area contributed by atoms with Crippen LogP contribution < -0.4 is 15.6 Å². The van der Waals surface area contributed by atoms with Crippen LogP contribution in [0.1, 0.15) is 40.5 Å². The third kappa shape index (κ3) is 5.76. The summed E-state index contributed by atoms with van der Waals surface area (Å²) in [6, 6.07) is 4.89. The van der Waals surface area contributed by atoms with Crippen LogP contribution in [0.25, 0.3) is 0 Å². The van der Waals surface area contributed by atoms with Crippen molar-refractivity contribution in [3.8, 4) is 5.75 Å². The van der Waals surface area contributed by atoms with Gasteiger partial charge in [0.25, 0.3) is 5.91 Å². The van der Waals surface area contributed by atoms with Gasteiger partial charge in [-0.2, -0.15) is 0 Å². The van der Waals surface area contributed by atoms with E-state index in [9.17, 15) is 9.59 Å². The zero-order valence-electron chi connectivity index (χ0n) is 19.3. The Morgan fingerprint density at radius 3 is 2.38 bits per heavy atom. The second-order valence-corrected chi connectivity index (χ2v) is 10.00. The second-order valence-electron chi connectivity index (χ2n) is 9.15. The van der Waals surface area contributed by atoms with E-state index in [2.05, 4.69) is 10.9 Å². The maximum absolute atomic E-state index is 12.9. The lowest BCUT2D eigenvalue weighted by molar-refractivity contribution is -0.231. The summed E-state index contributed by atoms with van der Waals surface area (Å²) in [6.45, 7) is 7.26. The molecule has 34 heavy (non-hydrogen) atoms. The molecule has 3 fully saturated rings. The van der Waals surface area contributed by atoms with Crippen LogP contribution in [0.5, 0.6) is 5.75 Å². The van der Waals surface area contributed by atoms with E-state index in [1.54, 1.807) is 45.9 Å². The smallest absolute Gasteiger partial charge is 0.270 e. The van der Waals surface area contributed by atoms with Gasteiger partial charge in [0.2, 0.25) is 5.91 Å². The molecule has 0 spiro atoms. The van der Waals surface area contributed by atoms with Gasteiger partial charge in [-0.05, 0) is 52.3 Å². The van der Waals surface area contributed by atoms with Crippen LogP contribution in [0.15, 0.2) is 18.2 Å². The molecule has 3 saturated heterocycles. The average Bonchev–Trinajstić information content (AvgIpc) is 3.23. The minimum atomic E-state index is -1.07. The van der Waals surface area contributed by atoms with Gasteiger partial charge < -0.3 is 28.4 Å². The fourth-order valence-electron chi connectivity index (χ4n) is 4.10. The summed E-state index contributed by atoms with van der Waals surface area (Å²) in [4.78, 5) is 25.0. The van der Waals surface area contributed by atoms with Crippen molar-refractivity contribution in [2.75, 3.05) is 6.61 Å². The first-order valence-electron chi connectivity index (χ1n) is 11.0. The van der Waals surface area contributed by atoms with Crippen molar-refractivity contribution in [1.29, 1.82) is 0 Å². The lowest BCUT2D eigenvalue weighted by Crippen LogP contribution is -2.61. The SMILES string of the molecule is CC1(C)O[C@@H]2O[C@H](C(=O)NNC(=O)CCCOc3ccc(Cl)cc3Cl)[C@@H]3OC(C)(C)O[C@H]3[C@@H]2O1. The predicted octanol–water partition coefficient (Wildman–Crippen LogP) is 2.70. The van der Waals surface area contributed by atoms with Crippen molar-refractivity contribution in [1.82, 2.24) is 10.9 Å². The molecular weight excluding hydrogens is 491 g/mol. The summed E-state index contributed by atoms with van der Waals surface area (Å²) in [7, 11) is 0. The van der Waals surface area contributed by atoms with Gasteiger partial charge in [0.05, 0.1) is 11.6 Å². The molecule has 0 bridgehead atoms. The van der Waals surface area contributed by atoms with Crippen molar-refractivity contribution in [2.45, 2.75) is 82.8 Å². The molecule has 3 aliphatic heterocycles. The fraction of sp³-hybridized carbons (Fsp3) is 0.636. The third-order valence-electron chi connectivity index (χ3n) is 5.44. The maximum Gasteiger partial charge on any atom is 0.270 e. The second kappa shape index (κ2) is 9.77. The molecule has 3 aliphatic rings. The molecule has 188 valence electrons. The molecule has 0 unspecified atom stereocenters. The Kier molecular flexibility index (Phi) is 7.31. The van der Waals surface area contributed by atoms with Gasteiger partial charge in [-0.1, -0.05) is 23.2 Å². The Morgan fingerprint density at radius 2 is 1.65 bits per heavy atom. The van der Waals surface area contributed by atoms with E-state index in [4.69, 9.17) is 51.6 Å². The van der Waals surface area contributed by atoms with Crippen LogP contribution >= 0.6 is 23.2 Å². The largest absolute Gasteiger partial charge is 0.492 e. The fourth-order valence-corrected chi connectivity index (χ4v) is 4.56. The first-order valence-corrected chi connectivity index (χ1v) is 11.7. The molecule has 0 aliphatic carbocycles. The highest BCUT2D eigenvalue weighted by molar-refractivity contribution is 6.35. The standard InChI is InChI=1S/C22H28Cl2N2O8/c1-21(2)31-15-16(32-21)18-20(34-22(3,4)33-18)30-17(15)19(28)26-25-14(27)6-5-9-29-13-8-7-11(23)10-12(13)24/h7-8,10,15-18,20H,5-6,9H2,1-4H3,(H,25,27)(H,26,28)/t15-,16-,17+,18+,20+/m1/s1. The molecule has 12 heteroatoms. The van der Waals surface area contributed by atoms with E-state index in [0.717, 1.165) is 0 Å². The van der Waals surface area contributed by atoms with Crippen LogP contribution in [0, 0.1) is 0 Å². The van der Waals surface area contributed by atoms with E-state index < -0.39 is 54.1 Å². The van der Waals surface area contributed by atoms with Crippen LogP contribution in [0.2, 0.25) is 10.0 Å². The number of ether oxygens (including phenoxy) is 6. The Morgan fingerprint density at radius 1 is 0.971 bits per heavy atom. The van der Waals surface area contributed by atoms with Gasteiger partial charge in [0.15, 0.2) is 24.0 Å². The number of hydrogen-bond donors (Lipinski definition) is 2. The topological polar surface area (TPSA) is 114 Å². The zero-order valence-corrected chi connectivity index (χ0v) is 20.8. The molecule has 0 aromatic heterocycles. The van der Waals surface area contributed by atoms with Gasteiger partial charge in [-0.3, -0.25) is 20.4 Å². The molecular formula is C22H28Cl2N2O8. The normalized spacial score (nSPS) is 30.8. The molecule has 0 saturated carbocycles. The number of hydrogen-bond acceptors (Lipinski definition) is 8. The molecule has 1 aromatic rings. The van der Waals surface area contributed by atoms with Crippen LogP contribution in [0.3, 0.4) is 0 Å². The number of benzene rings is 1. The lowest BCUT2D eigenvalue weighted by Gasteiger charge is -2.36. The highest BCUT2D eigenvalue weighted by atomic mass is 35.5. The number of halogens is 2. The monoisotopic (exact) mass is 518 g/mol. The Hall–Kier alpha value is -1.66. The quantitative estimate of drug-likeness (QED) is 0.436. The predicted molar refractivity (Wildman–Crippen MR) is 120 cm³/mol. The van der Waals surface area contributed by atoms with E-state index in [-0.39, 0.29) is 13.0 Å². The van der Waals surface area contributed by atoms with Gasteiger partial charge in [-0.15, -0.1) is 0 Å². The van der Waals surface area contributed by atoms with Gasteiger partial charge >= 0.3 is 0 Å². The first-order chi connectivity index (χ1) is 15.9. The van der Waals surface area contributed by atoms with Crippen LogP contribution in [-0.2, 0) is 33.3 Å². The maximum atomic E-state index is 12.9. The summed E-state index contributed by atoms with van der Waals surface area (Å²) in [5.41, 5.74) is 4.78. The molecule has 10 nitrogen and oxygen atoms in total. The molecule has 1 aromatic carbocycles. The number of carbonyl (C=O) groups excluding carboxylic acids is 2. The average molecular weight is 519 g/mol. The number of rotatable bonds is 6. The molecule has 4 rings (SSSR count). The van der Waals surface area contributed by atoms with Crippen LogP contribution in [0.4, 0.5) is 0 Å². The molecule has 2 N–H and O–H groups in total. The summed E-state index contributed by atoms with van der Waals surface area (Å²) >= 11 is 11.9. The number of nitrogens with one attached hydrogen (secondary N) is 2. The van der Waals surface area contributed by atoms with Crippen molar-refractivity contribution in [3.63, 3.8) is 0 Å². The number of fused-ring (bicyclic) bond motifs is 3. The first kappa shape index (κ1) is 25.4. The summed E-state index contributed by atoms with van der Waals surface area (Å²) in [5.74, 6) is -2.33. The van der Waals surface area contributed by atoms with Crippen molar-refractivity contribution < 1.29 is 38.0 Å². The van der Waals surface area contributed by atoms with Gasteiger partial charge in [0.1, 0.15) is 24.1 Å². The van der Waals surface area contributed by atoms with E-state index in [1.165, 1.54) is 0 Å². The summed E-state index contributed by atoms with van der Waals surface area (Å²) < 4.78 is 35.0. The summed E-state index contributed by atoms with van der Waals surface area (Å²) in [5, 5.41) is 0.892. The minimum Gasteiger partial charge on any atom is -0.492 e. The highest BCUT2D eigenvalue weighted by Crippen LogP contribution is 2.44. The Labute approximate surface area is 207 Å². The van der Waals surface area contributed by atoms with Crippen LogP contribution in [-0.4, -0.2) is 60.7 Å².